The van der Waals surface area contributed by atoms with Crippen LogP contribution in [0.3, 0.4) is 0 Å². The minimum Gasteiger partial charge on any atom is -0.493 e. The van der Waals surface area contributed by atoms with Gasteiger partial charge in [0.15, 0.2) is 17.6 Å². The van der Waals surface area contributed by atoms with E-state index in [1.807, 2.05) is 30.0 Å². The van der Waals surface area contributed by atoms with Crippen LogP contribution in [0.5, 0.6) is 17.2 Å². The number of aliphatic carboxylic acids is 1. The van der Waals surface area contributed by atoms with E-state index < -0.39 is 18.2 Å². The largest absolute Gasteiger partial charge is 0.493 e. The Labute approximate surface area is 217 Å². The van der Waals surface area contributed by atoms with Crippen molar-refractivity contribution in [2.75, 3.05) is 44.9 Å². The van der Waals surface area contributed by atoms with Gasteiger partial charge >= 0.3 is 12.1 Å². The highest BCUT2D eigenvalue weighted by Crippen LogP contribution is 2.26. The van der Waals surface area contributed by atoms with Crippen LogP contribution in [0.25, 0.3) is 0 Å². The first-order chi connectivity index (χ1) is 17.5. The van der Waals surface area contributed by atoms with Gasteiger partial charge in [-0.25, -0.2) is 9.59 Å². The van der Waals surface area contributed by atoms with Gasteiger partial charge in [-0.15, -0.1) is 0 Å². The predicted octanol–water partition coefficient (Wildman–Crippen LogP) is 5.14. The third-order valence-corrected chi connectivity index (χ3v) is 6.48. The van der Waals surface area contributed by atoms with Crippen LogP contribution in [0.4, 0.5) is 4.79 Å². The zero-order valence-corrected chi connectivity index (χ0v) is 22.1. The van der Waals surface area contributed by atoms with Crippen LogP contribution in [0, 0.1) is 0 Å². The monoisotopic (exact) mass is 519 g/mol. The molecule has 0 radical (unpaired) electrons. The van der Waals surface area contributed by atoms with E-state index in [-0.39, 0.29) is 6.42 Å². The summed E-state index contributed by atoms with van der Waals surface area (Å²) in [4.78, 5) is 25.9. The second-order valence-corrected chi connectivity index (χ2v) is 9.18. The average Bonchev–Trinajstić information content (AvgIpc) is 2.88. The molecule has 1 atom stereocenters. The zero-order chi connectivity index (χ0) is 26.2. The van der Waals surface area contributed by atoms with Crippen LogP contribution < -0.4 is 14.2 Å². The molecule has 0 aliphatic rings. The van der Waals surface area contributed by atoms with Gasteiger partial charge in [0.25, 0.3) is 0 Å². The number of hydrogen-bond acceptors (Lipinski definition) is 7. The average molecular weight is 520 g/mol. The second kappa shape index (κ2) is 16.7. The number of carbonyl (C=O) groups excluding carboxylic acids is 1. The SMILES string of the molecule is CCCSCCCN(CCOc1ccc(CC(OCC)C(=O)O)cc1)C(=O)Oc1ccccc1OC. The Morgan fingerprint density at radius 2 is 1.72 bits per heavy atom. The maximum atomic E-state index is 12.9. The summed E-state index contributed by atoms with van der Waals surface area (Å²) >= 11 is 1.87. The number of hydrogen-bond donors (Lipinski definition) is 1. The summed E-state index contributed by atoms with van der Waals surface area (Å²) in [6.07, 6.45) is 0.932. The third-order valence-electron chi connectivity index (χ3n) is 5.21. The number of benzene rings is 2. The number of amides is 1. The molecule has 1 amide bonds. The van der Waals surface area contributed by atoms with Crippen LogP contribution in [-0.2, 0) is 16.0 Å². The lowest BCUT2D eigenvalue weighted by Crippen LogP contribution is -2.37. The molecule has 0 bridgehead atoms. The van der Waals surface area contributed by atoms with Crippen molar-refractivity contribution in [2.24, 2.45) is 0 Å². The molecule has 0 aromatic heterocycles. The van der Waals surface area contributed by atoms with E-state index in [2.05, 4.69) is 6.92 Å². The molecule has 9 heteroatoms. The lowest BCUT2D eigenvalue weighted by atomic mass is 10.1. The summed E-state index contributed by atoms with van der Waals surface area (Å²) in [7, 11) is 1.53. The molecule has 36 heavy (non-hydrogen) atoms. The van der Waals surface area contributed by atoms with Crippen molar-refractivity contribution in [2.45, 2.75) is 39.2 Å². The maximum Gasteiger partial charge on any atom is 0.415 e. The zero-order valence-electron chi connectivity index (χ0n) is 21.3. The Balaban J connectivity index is 1.93. The van der Waals surface area contributed by atoms with E-state index in [1.165, 1.54) is 7.11 Å². The molecule has 0 spiro atoms. The molecule has 2 aromatic carbocycles. The molecular formula is C27H37NO7S. The molecule has 2 aromatic rings. The first-order valence-corrected chi connectivity index (χ1v) is 13.4. The van der Waals surface area contributed by atoms with Crippen LogP contribution in [0.15, 0.2) is 48.5 Å². The minimum atomic E-state index is -0.981. The molecule has 0 aliphatic carbocycles. The van der Waals surface area contributed by atoms with Crippen molar-refractivity contribution in [3.8, 4) is 17.2 Å². The van der Waals surface area contributed by atoms with E-state index in [4.69, 9.17) is 18.9 Å². The van der Waals surface area contributed by atoms with E-state index in [0.29, 0.717) is 43.6 Å². The number of nitrogens with zero attached hydrogens (tertiary/aromatic N) is 1. The smallest absolute Gasteiger partial charge is 0.415 e. The van der Waals surface area contributed by atoms with Gasteiger partial charge in [-0.1, -0.05) is 31.2 Å². The van der Waals surface area contributed by atoms with Crippen molar-refractivity contribution in [3.05, 3.63) is 54.1 Å². The quantitative estimate of drug-likeness (QED) is 0.287. The van der Waals surface area contributed by atoms with E-state index >= 15 is 0 Å². The van der Waals surface area contributed by atoms with Gasteiger partial charge < -0.3 is 29.0 Å². The number of carbonyl (C=O) groups is 2. The normalized spacial score (nSPS) is 11.5. The highest BCUT2D eigenvalue weighted by Gasteiger charge is 2.19. The fraction of sp³-hybridized carbons (Fsp3) is 0.481. The molecule has 8 nitrogen and oxygen atoms in total. The highest BCUT2D eigenvalue weighted by atomic mass is 32.2. The van der Waals surface area contributed by atoms with Crippen LogP contribution in [0.2, 0.25) is 0 Å². The van der Waals surface area contributed by atoms with E-state index in [0.717, 1.165) is 29.9 Å². The number of rotatable bonds is 17. The van der Waals surface area contributed by atoms with Gasteiger partial charge in [0.05, 0.1) is 13.7 Å². The first kappa shape index (κ1) is 29.3. The molecule has 0 fully saturated rings. The molecule has 1 N–H and O–H groups in total. The van der Waals surface area contributed by atoms with Crippen molar-refractivity contribution in [3.63, 3.8) is 0 Å². The Bertz CT molecular complexity index is 923. The molecule has 2 rings (SSSR count). The molecule has 0 saturated carbocycles. The van der Waals surface area contributed by atoms with Crippen molar-refractivity contribution < 1.29 is 33.6 Å². The van der Waals surface area contributed by atoms with Crippen molar-refractivity contribution in [1.29, 1.82) is 0 Å². The maximum absolute atomic E-state index is 12.9. The second-order valence-electron chi connectivity index (χ2n) is 7.95. The van der Waals surface area contributed by atoms with E-state index in [9.17, 15) is 14.7 Å². The molecule has 0 heterocycles. The Morgan fingerprint density at radius 3 is 2.36 bits per heavy atom. The number of thioether (sulfide) groups is 1. The lowest BCUT2D eigenvalue weighted by Gasteiger charge is -2.22. The van der Waals surface area contributed by atoms with Crippen LogP contribution in [-0.4, -0.2) is 73.1 Å². The fourth-order valence-electron chi connectivity index (χ4n) is 3.39. The Morgan fingerprint density at radius 1 is 1.00 bits per heavy atom. The van der Waals surface area contributed by atoms with Gasteiger partial charge in [0, 0.05) is 19.6 Å². The topological polar surface area (TPSA) is 94.5 Å². The summed E-state index contributed by atoms with van der Waals surface area (Å²) in [6.45, 7) is 5.47. The fourth-order valence-corrected chi connectivity index (χ4v) is 4.21. The highest BCUT2D eigenvalue weighted by molar-refractivity contribution is 7.99. The van der Waals surface area contributed by atoms with Gasteiger partial charge in [0.2, 0.25) is 0 Å². The summed E-state index contributed by atoms with van der Waals surface area (Å²) in [5.74, 6) is 2.59. The Hall–Kier alpha value is -2.91. The molecular weight excluding hydrogens is 482 g/mol. The number of methoxy groups -OCH3 is 1. The standard InChI is InChI=1S/C27H37NO7S/c1-4-18-36-19-8-15-28(27(31)35-24-10-7-6-9-23(24)32-3)16-17-34-22-13-11-21(12-14-22)20-25(26(29)30)33-5-2/h6-7,9-14,25H,4-5,8,15-20H2,1-3H3,(H,29,30). The van der Waals surface area contributed by atoms with Gasteiger partial charge in [-0.3, -0.25) is 0 Å². The third kappa shape index (κ3) is 10.4. The molecule has 0 saturated heterocycles. The first-order valence-electron chi connectivity index (χ1n) is 12.2. The van der Waals surface area contributed by atoms with Crippen molar-refractivity contribution in [1.82, 2.24) is 4.90 Å². The van der Waals surface area contributed by atoms with Gasteiger partial charge in [-0.2, -0.15) is 11.8 Å². The van der Waals surface area contributed by atoms with Crippen LogP contribution >= 0.6 is 11.8 Å². The number of para-hydroxylation sites is 2. The van der Waals surface area contributed by atoms with Gasteiger partial charge in [0.1, 0.15) is 12.4 Å². The number of carboxylic acids is 1. The molecule has 198 valence electrons. The number of carboxylic acid groups (broad SMARTS) is 1. The predicted molar refractivity (Wildman–Crippen MR) is 142 cm³/mol. The summed E-state index contributed by atoms with van der Waals surface area (Å²) in [6, 6.07) is 14.3. The van der Waals surface area contributed by atoms with Crippen molar-refractivity contribution >= 4 is 23.8 Å². The summed E-state index contributed by atoms with van der Waals surface area (Å²) < 4.78 is 22.0. The molecule has 0 aliphatic heterocycles. The molecule has 1 unspecified atom stereocenters. The number of ether oxygens (including phenoxy) is 4. The van der Waals surface area contributed by atoms with Gasteiger partial charge in [-0.05, 0) is 61.1 Å². The summed E-state index contributed by atoms with van der Waals surface area (Å²) in [5, 5.41) is 9.26. The van der Waals surface area contributed by atoms with Crippen LogP contribution in [0.1, 0.15) is 32.3 Å². The van der Waals surface area contributed by atoms with E-state index in [1.54, 1.807) is 42.2 Å². The summed E-state index contributed by atoms with van der Waals surface area (Å²) in [5.41, 5.74) is 0.842. The lowest BCUT2D eigenvalue weighted by molar-refractivity contribution is -0.149. The Kier molecular flexibility index (Phi) is 13.6. The minimum absolute atomic E-state index is 0.280.